The average Bonchev–Trinajstić information content (AvgIpc) is 2.97. The molecule has 0 aliphatic heterocycles. The molecule has 0 aromatic heterocycles. The Morgan fingerprint density at radius 1 is 0.976 bits per heavy atom. The Bertz CT molecular complexity index is 1590. The minimum absolute atomic E-state index is 0.0867. The van der Waals surface area contributed by atoms with Gasteiger partial charge in [-0.15, -0.1) is 0 Å². The summed E-state index contributed by atoms with van der Waals surface area (Å²) in [5.74, 6) is -1.07. The molecular weight excluding hydrogens is 520 g/mol. The zero-order chi connectivity index (χ0) is 29.4. The number of nitrogens with one attached hydrogen (secondary N) is 1. The van der Waals surface area contributed by atoms with Crippen LogP contribution in [0.15, 0.2) is 84.9 Å². The summed E-state index contributed by atoms with van der Waals surface area (Å²) in [5, 5.41) is 30.8. The molecule has 0 heterocycles. The van der Waals surface area contributed by atoms with Crippen molar-refractivity contribution in [3.8, 4) is 28.7 Å². The molecule has 3 N–H and O–H groups in total. The maximum absolute atomic E-state index is 13.3. The van der Waals surface area contributed by atoms with Crippen LogP contribution in [0.25, 0.3) is 11.1 Å². The van der Waals surface area contributed by atoms with Gasteiger partial charge in [-0.25, -0.2) is 4.79 Å². The van der Waals surface area contributed by atoms with E-state index in [9.17, 15) is 25.1 Å². The molecule has 0 bridgehead atoms. The van der Waals surface area contributed by atoms with Gasteiger partial charge in [0.1, 0.15) is 24.1 Å². The number of rotatable bonds is 11. The first-order valence-electron chi connectivity index (χ1n) is 13.0. The quantitative estimate of drug-likeness (QED) is 0.172. The second-order valence-electron chi connectivity index (χ2n) is 9.51. The van der Waals surface area contributed by atoms with E-state index in [1.165, 1.54) is 0 Å². The molecule has 41 heavy (non-hydrogen) atoms. The largest absolute Gasteiger partial charge is 0.488 e. The zero-order valence-electron chi connectivity index (χ0n) is 22.8. The third-order valence-electron chi connectivity index (χ3n) is 6.71. The van der Waals surface area contributed by atoms with Crippen LogP contribution in [0.1, 0.15) is 38.2 Å². The normalized spacial score (nSPS) is 11.4. The Morgan fingerprint density at radius 2 is 1.73 bits per heavy atom. The van der Waals surface area contributed by atoms with Crippen molar-refractivity contribution >= 4 is 11.9 Å². The summed E-state index contributed by atoms with van der Waals surface area (Å²) in [6, 6.07) is 26.5. The molecule has 0 saturated heterocycles. The second kappa shape index (κ2) is 13.4. The van der Waals surface area contributed by atoms with E-state index in [0.717, 1.165) is 22.3 Å². The molecule has 0 aliphatic carbocycles. The second-order valence-corrected chi connectivity index (χ2v) is 9.51. The molecule has 8 nitrogen and oxygen atoms in total. The summed E-state index contributed by atoms with van der Waals surface area (Å²) >= 11 is 0. The predicted octanol–water partition coefficient (Wildman–Crippen LogP) is 5.18. The van der Waals surface area contributed by atoms with E-state index in [1.54, 1.807) is 43.3 Å². The highest BCUT2D eigenvalue weighted by atomic mass is 16.5. The van der Waals surface area contributed by atoms with Gasteiger partial charge in [0.25, 0.3) is 0 Å². The summed E-state index contributed by atoms with van der Waals surface area (Å²) in [4.78, 5) is 24.7. The fraction of sp³-hybridized carbons (Fsp3) is 0.182. The van der Waals surface area contributed by atoms with Crippen molar-refractivity contribution in [1.29, 1.82) is 5.26 Å². The third kappa shape index (κ3) is 7.17. The van der Waals surface area contributed by atoms with Crippen LogP contribution in [0.4, 0.5) is 0 Å². The van der Waals surface area contributed by atoms with Crippen molar-refractivity contribution < 1.29 is 29.3 Å². The number of carbonyl (C=O) groups is 2. The SMILES string of the molecule is Cc1cc(OC(=O)c2cccc(-c3ccccc3)c2C)cc(OCc2cccc(C#N)c2)c1CNC(CO)C(=O)O. The van der Waals surface area contributed by atoms with Crippen molar-refractivity contribution in [3.05, 3.63) is 118 Å². The van der Waals surface area contributed by atoms with E-state index < -0.39 is 24.6 Å². The lowest BCUT2D eigenvalue weighted by Gasteiger charge is -2.19. The molecule has 4 rings (SSSR count). The number of carbonyl (C=O) groups excluding carboxylic acids is 1. The molecule has 0 amide bonds. The summed E-state index contributed by atoms with van der Waals surface area (Å²) in [6.07, 6.45) is 0. The van der Waals surface area contributed by atoms with Crippen LogP contribution in [0, 0.1) is 25.2 Å². The highest BCUT2D eigenvalue weighted by molar-refractivity contribution is 5.95. The number of nitriles is 1. The molecule has 0 spiro atoms. The lowest BCUT2D eigenvalue weighted by atomic mass is 9.96. The summed E-state index contributed by atoms with van der Waals surface area (Å²) < 4.78 is 11.9. The Balaban J connectivity index is 1.63. The molecule has 0 fully saturated rings. The first-order valence-corrected chi connectivity index (χ1v) is 13.0. The van der Waals surface area contributed by atoms with Gasteiger partial charge in [-0.3, -0.25) is 10.1 Å². The first-order chi connectivity index (χ1) is 19.8. The van der Waals surface area contributed by atoms with Gasteiger partial charge in [0.2, 0.25) is 0 Å². The molecule has 0 saturated carbocycles. The number of nitrogens with zero attached hydrogens (tertiary/aromatic N) is 1. The van der Waals surface area contributed by atoms with Crippen molar-refractivity contribution in [1.82, 2.24) is 5.32 Å². The Hall–Kier alpha value is -4.97. The van der Waals surface area contributed by atoms with Crippen LogP contribution >= 0.6 is 0 Å². The van der Waals surface area contributed by atoms with Crippen LogP contribution in [-0.4, -0.2) is 34.8 Å². The number of aliphatic hydroxyl groups excluding tert-OH is 1. The standard InChI is InChI=1S/C33H30N2O6/c1-21-14-26(41-33(39)28-13-7-12-27(22(28)2)25-10-4-3-5-11-25)16-31(29(21)18-35-30(19-36)32(37)38)40-20-24-9-6-8-23(15-24)17-34/h3-16,30,35-36H,18-20H2,1-2H3,(H,37,38). The van der Waals surface area contributed by atoms with Crippen molar-refractivity contribution in [2.24, 2.45) is 0 Å². The van der Waals surface area contributed by atoms with Gasteiger partial charge >= 0.3 is 11.9 Å². The van der Waals surface area contributed by atoms with E-state index in [1.807, 2.05) is 55.5 Å². The number of hydrogen-bond donors (Lipinski definition) is 3. The summed E-state index contributed by atoms with van der Waals surface area (Å²) in [6.45, 7) is 3.31. The monoisotopic (exact) mass is 550 g/mol. The number of hydrogen-bond acceptors (Lipinski definition) is 7. The number of aryl methyl sites for hydroxylation is 1. The van der Waals surface area contributed by atoms with Crippen LogP contribution in [0.2, 0.25) is 0 Å². The van der Waals surface area contributed by atoms with Gasteiger partial charge in [-0.05, 0) is 65.9 Å². The molecule has 1 atom stereocenters. The number of ether oxygens (including phenoxy) is 2. The van der Waals surface area contributed by atoms with Gasteiger partial charge in [0, 0.05) is 18.2 Å². The van der Waals surface area contributed by atoms with Crippen molar-refractivity contribution in [2.45, 2.75) is 33.0 Å². The molecule has 0 radical (unpaired) electrons. The number of benzene rings is 4. The van der Waals surface area contributed by atoms with E-state index in [2.05, 4.69) is 11.4 Å². The van der Waals surface area contributed by atoms with Crippen LogP contribution < -0.4 is 14.8 Å². The first kappa shape index (κ1) is 29.0. The Morgan fingerprint density at radius 3 is 2.44 bits per heavy atom. The van der Waals surface area contributed by atoms with Gasteiger partial charge < -0.3 is 19.7 Å². The average molecular weight is 551 g/mol. The molecule has 4 aromatic rings. The Kier molecular flexibility index (Phi) is 9.48. The van der Waals surface area contributed by atoms with E-state index >= 15 is 0 Å². The van der Waals surface area contributed by atoms with Crippen molar-refractivity contribution in [2.75, 3.05) is 6.61 Å². The smallest absolute Gasteiger partial charge is 0.343 e. The highest BCUT2D eigenvalue weighted by Crippen LogP contribution is 2.31. The minimum atomic E-state index is -1.18. The summed E-state index contributed by atoms with van der Waals surface area (Å²) in [5.41, 5.74) is 5.73. The van der Waals surface area contributed by atoms with E-state index in [4.69, 9.17) is 9.47 Å². The summed E-state index contributed by atoms with van der Waals surface area (Å²) in [7, 11) is 0. The molecule has 4 aromatic carbocycles. The van der Waals surface area contributed by atoms with Gasteiger partial charge in [-0.2, -0.15) is 5.26 Å². The molecular formula is C33H30N2O6. The lowest BCUT2D eigenvalue weighted by molar-refractivity contribution is -0.140. The fourth-order valence-electron chi connectivity index (χ4n) is 4.46. The number of aliphatic hydroxyl groups is 1. The Labute approximate surface area is 238 Å². The van der Waals surface area contributed by atoms with Crippen LogP contribution in [-0.2, 0) is 17.9 Å². The van der Waals surface area contributed by atoms with E-state index in [-0.39, 0.29) is 18.9 Å². The van der Waals surface area contributed by atoms with Crippen LogP contribution in [0.5, 0.6) is 11.5 Å². The van der Waals surface area contributed by atoms with Crippen molar-refractivity contribution in [3.63, 3.8) is 0 Å². The van der Waals surface area contributed by atoms with Crippen LogP contribution in [0.3, 0.4) is 0 Å². The van der Waals surface area contributed by atoms with Gasteiger partial charge in [-0.1, -0.05) is 54.6 Å². The lowest BCUT2D eigenvalue weighted by Crippen LogP contribution is -2.39. The fourth-order valence-corrected chi connectivity index (χ4v) is 4.46. The highest BCUT2D eigenvalue weighted by Gasteiger charge is 2.20. The van der Waals surface area contributed by atoms with Gasteiger partial charge in [0.15, 0.2) is 0 Å². The zero-order valence-corrected chi connectivity index (χ0v) is 22.8. The van der Waals surface area contributed by atoms with E-state index in [0.29, 0.717) is 28.0 Å². The molecule has 208 valence electrons. The topological polar surface area (TPSA) is 129 Å². The predicted molar refractivity (Wildman–Crippen MR) is 154 cm³/mol. The number of esters is 1. The number of carboxylic acid groups (broad SMARTS) is 1. The van der Waals surface area contributed by atoms with Gasteiger partial charge in [0.05, 0.1) is 23.8 Å². The third-order valence-corrected chi connectivity index (χ3v) is 6.71. The number of carboxylic acids is 1. The molecule has 0 aliphatic rings. The maximum Gasteiger partial charge on any atom is 0.343 e. The molecule has 1 unspecified atom stereocenters. The number of aliphatic carboxylic acids is 1. The molecule has 8 heteroatoms. The maximum atomic E-state index is 13.3. The minimum Gasteiger partial charge on any atom is -0.488 e.